The fraction of sp³-hybridized carbons (Fsp3) is 0.812. The average molecular weight is 1050 g/mol. The molecular weight excluding hydrogens is 925 g/mol. The largest absolute Gasteiger partial charge is 0.462 e. The number of carbonyl (C=O) groups is 3. The van der Waals surface area contributed by atoms with Crippen molar-refractivity contribution >= 4 is 17.9 Å². The summed E-state index contributed by atoms with van der Waals surface area (Å²) < 4.78 is 17.0. The van der Waals surface area contributed by atoms with Gasteiger partial charge in [-0.25, -0.2) is 0 Å². The molecule has 0 aromatic carbocycles. The summed E-state index contributed by atoms with van der Waals surface area (Å²) in [5.41, 5.74) is 0. The summed E-state index contributed by atoms with van der Waals surface area (Å²) >= 11 is 0. The standard InChI is InChI=1S/C69H124O6/c1-4-7-10-13-16-19-22-25-28-31-32-33-34-35-36-39-41-44-47-50-53-56-59-62-68(71)74-65-66(75-69(72)63-60-57-54-51-48-45-42-38-30-27-24-21-18-15-12-9-6-3)64-73-67(70)61-58-55-52-49-46-43-40-37-29-26-23-20-17-14-11-8-5-2/h7,10,16,19,25,27-28,30,32-33,66H,4-6,8-9,11-15,17-18,20-24,26,29,31,34-65H2,1-3H3/b10-7-,19-16-,28-25-,30-27-,33-32-. The Bertz CT molecular complexity index is 1340. The van der Waals surface area contributed by atoms with Crippen LogP contribution in [0.1, 0.15) is 342 Å². The lowest BCUT2D eigenvalue weighted by Crippen LogP contribution is -2.30. The number of rotatable bonds is 60. The van der Waals surface area contributed by atoms with E-state index in [1.165, 1.54) is 218 Å². The minimum Gasteiger partial charge on any atom is -0.462 e. The molecule has 0 bridgehead atoms. The molecule has 0 heterocycles. The molecule has 1 unspecified atom stereocenters. The van der Waals surface area contributed by atoms with Crippen LogP contribution in [0.15, 0.2) is 60.8 Å². The number of allylic oxidation sites excluding steroid dienone is 10. The van der Waals surface area contributed by atoms with E-state index < -0.39 is 6.10 Å². The molecule has 1 atom stereocenters. The summed E-state index contributed by atoms with van der Waals surface area (Å²) in [5, 5.41) is 0. The molecule has 0 aromatic heterocycles. The molecule has 6 heteroatoms. The molecule has 0 rings (SSSR count). The highest BCUT2D eigenvalue weighted by Gasteiger charge is 2.19. The van der Waals surface area contributed by atoms with Crippen LogP contribution in [0.25, 0.3) is 0 Å². The number of ether oxygens (including phenoxy) is 3. The molecule has 0 amide bonds. The van der Waals surface area contributed by atoms with Crippen molar-refractivity contribution in [2.75, 3.05) is 13.2 Å². The number of unbranched alkanes of at least 4 members (excludes halogenated alkanes) is 39. The van der Waals surface area contributed by atoms with E-state index in [1.54, 1.807) is 0 Å². The minimum absolute atomic E-state index is 0.0731. The Hall–Kier alpha value is -2.89. The zero-order valence-electron chi connectivity index (χ0n) is 50.1. The minimum atomic E-state index is -0.777. The van der Waals surface area contributed by atoms with Gasteiger partial charge < -0.3 is 14.2 Å². The van der Waals surface area contributed by atoms with Gasteiger partial charge in [-0.3, -0.25) is 14.4 Å². The molecule has 0 aromatic rings. The second-order valence-electron chi connectivity index (χ2n) is 22.0. The lowest BCUT2D eigenvalue weighted by Gasteiger charge is -2.18. The lowest BCUT2D eigenvalue weighted by molar-refractivity contribution is -0.167. The number of hydrogen-bond donors (Lipinski definition) is 0. The molecule has 0 spiro atoms. The first-order chi connectivity index (χ1) is 37.0. The van der Waals surface area contributed by atoms with E-state index in [-0.39, 0.29) is 31.1 Å². The molecule has 0 fully saturated rings. The Morgan fingerprint density at radius 2 is 0.520 bits per heavy atom. The summed E-state index contributed by atoms with van der Waals surface area (Å²) in [6, 6.07) is 0. The molecule has 6 nitrogen and oxygen atoms in total. The maximum atomic E-state index is 12.9. The van der Waals surface area contributed by atoms with Gasteiger partial charge in [0.2, 0.25) is 0 Å². The third-order valence-electron chi connectivity index (χ3n) is 14.5. The smallest absolute Gasteiger partial charge is 0.306 e. The first-order valence-corrected chi connectivity index (χ1v) is 32.8. The average Bonchev–Trinajstić information content (AvgIpc) is 3.41. The fourth-order valence-corrected chi connectivity index (χ4v) is 9.61. The van der Waals surface area contributed by atoms with E-state index in [0.717, 1.165) is 83.5 Å². The van der Waals surface area contributed by atoms with Gasteiger partial charge in [-0.15, -0.1) is 0 Å². The van der Waals surface area contributed by atoms with Crippen molar-refractivity contribution < 1.29 is 28.6 Å². The van der Waals surface area contributed by atoms with Gasteiger partial charge in [-0.05, 0) is 83.5 Å². The van der Waals surface area contributed by atoms with Crippen LogP contribution >= 0.6 is 0 Å². The summed E-state index contributed by atoms with van der Waals surface area (Å²) in [5.74, 6) is -0.861. The van der Waals surface area contributed by atoms with E-state index in [2.05, 4.69) is 81.5 Å². The van der Waals surface area contributed by atoms with E-state index >= 15 is 0 Å². The van der Waals surface area contributed by atoms with Gasteiger partial charge >= 0.3 is 17.9 Å². The van der Waals surface area contributed by atoms with Gasteiger partial charge in [0, 0.05) is 19.3 Å². The number of carbonyl (C=O) groups excluding carboxylic acids is 3. The molecule has 0 saturated heterocycles. The molecule has 0 saturated carbocycles. The van der Waals surface area contributed by atoms with Crippen LogP contribution in [0.2, 0.25) is 0 Å². The molecule has 436 valence electrons. The van der Waals surface area contributed by atoms with Crippen LogP contribution in [-0.2, 0) is 28.6 Å². The summed E-state index contributed by atoms with van der Waals surface area (Å²) in [6.07, 6.45) is 80.8. The number of esters is 3. The monoisotopic (exact) mass is 1050 g/mol. The predicted molar refractivity (Wildman–Crippen MR) is 325 cm³/mol. The summed E-state index contributed by atoms with van der Waals surface area (Å²) in [6.45, 7) is 6.57. The van der Waals surface area contributed by atoms with E-state index in [0.29, 0.717) is 19.3 Å². The molecule has 0 radical (unpaired) electrons. The first-order valence-electron chi connectivity index (χ1n) is 32.8. The van der Waals surface area contributed by atoms with Crippen molar-refractivity contribution in [3.63, 3.8) is 0 Å². The Morgan fingerprint density at radius 3 is 0.827 bits per heavy atom. The Labute approximate surface area is 466 Å². The van der Waals surface area contributed by atoms with Gasteiger partial charge in [0.25, 0.3) is 0 Å². The van der Waals surface area contributed by atoms with Crippen LogP contribution in [0.5, 0.6) is 0 Å². The maximum absolute atomic E-state index is 12.9. The van der Waals surface area contributed by atoms with Crippen LogP contribution in [0.3, 0.4) is 0 Å². The Balaban J connectivity index is 4.33. The highest BCUT2D eigenvalue weighted by Crippen LogP contribution is 2.17. The lowest BCUT2D eigenvalue weighted by atomic mass is 10.0. The van der Waals surface area contributed by atoms with E-state index in [4.69, 9.17) is 14.2 Å². The maximum Gasteiger partial charge on any atom is 0.306 e. The Kier molecular flexibility index (Phi) is 61.2. The highest BCUT2D eigenvalue weighted by atomic mass is 16.6. The second kappa shape index (κ2) is 63.6. The second-order valence-corrected chi connectivity index (χ2v) is 22.0. The quantitative estimate of drug-likeness (QED) is 0.0261. The van der Waals surface area contributed by atoms with Gasteiger partial charge in [0.15, 0.2) is 6.10 Å². The van der Waals surface area contributed by atoms with Crippen molar-refractivity contribution in [3.8, 4) is 0 Å². The van der Waals surface area contributed by atoms with E-state index in [9.17, 15) is 14.4 Å². The predicted octanol–water partition coefficient (Wildman–Crippen LogP) is 22.3. The van der Waals surface area contributed by atoms with Gasteiger partial charge in [-0.1, -0.05) is 300 Å². The van der Waals surface area contributed by atoms with Crippen molar-refractivity contribution in [2.24, 2.45) is 0 Å². The first kappa shape index (κ1) is 72.1. The van der Waals surface area contributed by atoms with Gasteiger partial charge in [0.05, 0.1) is 0 Å². The zero-order chi connectivity index (χ0) is 54.3. The van der Waals surface area contributed by atoms with Crippen LogP contribution in [-0.4, -0.2) is 37.2 Å². The van der Waals surface area contributed by atoms with Crippen LogP contribution < -0.4 is 0 Å². The normalized spacial score (nSPS) is 12.4. The topological polar surface area (TPSA) is 78.9 Å². The molecule has 0 aliphatic rings. The Morgan fingerprint density at radius 1 is 0.280 bits per heavy atom. The molecule has 0 aliphatic carbocycles. The van der Waals surface area contributed by atoms with Crippen molar-refractivity contribution in [3.05, 3.63) is 60.8 Å². The van der Waals surface area contributed by atoms with Crippen LogP contribution in [0.4, 0.5) is 0 Å². The summed E-state index contributed by atoms with van der Waals surface area (Å²) in [7, 11) is 0. The van der Waals surface area contributed by atoms with Crippen molar-refractivity contribution in [2.45, 2.75) is 348 Å². The zero-order valence-corrected chi connectivity index (χ0v) is 50.1. The third-order valence-corrected chi connectivity index (χ3v) is 14.5. The van der Waals surface area contributed by atoms with Crippen LogP contribution in [0, 0.1) is 0 Å². The molecular formula is C69H124O6. The SMILES string of the molecule is CC/C=C\C/C=C\C/C=C\C/C=C\CCCCCCCCCCCCC(=O)OCC(COC(=O)CCCCCCCCCCCCCCCCCCC)OC(=O)CCCCCCCCC/C=C\CCCCCCCC. The third kappa shape index (κ3) is 61.8. The van der Waals surface area contributed by atoms with Crippen molar-refractivity contribution in [1.82, 2.24) is 0 Å². The van der Waals surface area contributed by atoms with Crippen molar-refractivity contribution in [1.29, 1.82) is 0 Å². The number of hydrogen-bond acceptors (Lipinski definition) is 6. The molecule has 75 heavy (non-hydrogen) atoms. The fourth-order valence-electron chi connectivity index (χ4n) is 9.61. The highest BCUT2D eigenvalue weighted by molar-refractivity contribution is 5.71. The van der Waals surface area contributed by atoms with Gasteiger partial charge in [-0.2, -0.15) is 0 Å². The summed E-state index contributed by atoms with van der Waals surface area (Å²) in [4.78, 5) is 38.4. The van der Waals surface area contributed by atoms with Gasteiger partial charge in [0.1, 0.15) is 13.2 Å². The molecule has 0 aliphatic heterocycles. The molecule has 0 N–H and O–H groups in total. The van der Waals surface area contributed by atoms with E-state index in [1.807, 2.05) is 0 Å².